The number of nitrogens with zero attached hydrogens (tertiary/aromatic N) is 2. The van der Waals surface area contributed by atoms with Gasteiger partial charge < -0.3 is 10.2 Å². The highest BCUT2D eigenvalue weighted by Crippen LogP contribution is 2.21. The molecule has 1 aromatic carbocycles. The maximum Gasteiger partial charge on any atom is 0.225 e. The van der Waals surface area contributed by atoms with Gasteiger partial charge >= 0.3 is 0 Å². The first-order valence-electron chi connectivity index (χ1n) is 7.81. The minimum absolute atomic E-state index is 0.00272. The van der Waals surface area contributed by atoms with E-state index in [9.17, 15) is 9.59 Å². The second-order valence-corrected chi connectivity index (χ2v) is 6.28. The maximum atomic E-state index is 12.3. The van der Waals surface area contributed by atoms with E-state index < -0.39 is 0 Å². The number of nitrogens with one attached hydrogen (secondary N) is 1. The molecular formula is C18H18ClN3O2. The summed E-state index contributed by atoms with van der Waals surface area (Å²) < 4.78 is 0. The minimum atomic E-state index is -0.312. The number of aromatic nitrogens is 1. The predicted molar refractivity (Wildman–Crippen MR) is 91.1 cm³/mol. The van der Waals surface area contributed by atoms with Gasteiger partial charge in [-0.1, -0.05) is 29.8 Å². The molecule has 2 aromatic rings. The number of carbonyl (C=O) groups excluding carboxylic acids is 2. The second kappa shape index (κ2) is 7.45. The van der Waals surface area contributed by atoms with Crippen molar-refractivity contribution in [3.05, 3.63) is 64.9 Å². The van der Waals surface area contributed by atoms with E-state index in [0.717, 1.165) is 11.3 Å². The third-order valence-electron chi connectivity index (χ3n) is 4.04. The number of rotatable bonds is 5. The van der Waals surface area contributed by atoms with Gasteiger partial charge in [-0.25, -0.2) is 0 Å². The van der Waals surface area contributed by atoms with Crippen molar-refractivity contribution in [1.29, 1.82) is 0 Å². The summed E-state index contributed by atoms with van der Waals surface area (Å²) >= 11 is 5.87. The Morgan fingerprint density at radius 3 is 2.75 bits per heavy atom. The zero-order valence-corrected chi connectivity index (χ0v) is 13.9. The van der Waals surface area contributed by atoms with Crippen LogP contribution in [0.5, 0.6) is 0 Å². The lowest BCUT2D eigenvalue weighted by Crippen LogP contribution is -2.32. The lowest BCUT2D eigenvalue weighted by molar-refractivity contribution is -0.129. The predicted octanol–water partition coefficient (Wildman–Crippen LogP) is 2.40. The van der Waals surface area contributed by atoms with Crippen LogP contribution in [0.4, 0.5) is 0 Å². The highest BCUT2D eigenvalue weighted by atomic mass is 35.5. The molecule has 2 amide bonds. The average molecular weight is 344 g/mol. The van der Waals surface area contributed by atoms with Crippen LogP contribution in [0.2, 0.25) is 5.02 Å². The molecule has 1 saturated heterocycles. The third-order valence-corrected chi connectivity index (χ3v) is 4.29. The Bertz CT molecular complexity index is 719. The maximum absolute atomic E-state index is 12.3. The van der Waals surface area contributed by atoms with Crippen LogP contribution in [-0.4, -0.2) is 28.2 Å². The van der Waals surface area contributed by atoms with Crippen LogP contribution < -0.4 is 5.32 Å². The molecule has 0 spiro atoms. The normalized spacial score (nSPS) is 17.1. The molecule has 1 aliphatic heterocycles. The Kier molecular flexibility index (Phi) is 5.11. The summed E-state index contributed by atoms with van der Waals surface area (Å²) in [7, 11) is 0. The van der Waals surface area contributed by atoms with Crippen molar-refractivity contribution in [3.63, 3.8) is 0 Å². The van der Waals surface area contributed by atoms with Crippen LogP contribution in [0, 0.1) is 5.92 Å². The molecule has 0 radical (unpaired) electrons. The van der Waals surface area contributed by atoms with E-state index in [2.05, 4.69) is 10.3 Å². The van der Waals surface area contributed by atoms with Crippen LogP contribution in [0.25, 0.3) is 0 Å². The van der Waals surface area contributed by atoms with Crippen molar-refractivity contribution in [2.75, 3.05) is 6.54 Å². The van der Waals surface area contributed by atoms with Crippen LogP contribution >= 0.6 is 11.6 Å². The Balaban J connectivity index is 1.53. The van der Waals surface area contributed by atoms with Gasteiger partial charge in [0, 0.05) is 30.7 Å². The Morgan fingerprint density at radius 2 is 2.04 bits per heavy atom. The first-order chi connectivity index (χ1) is 11.6. The molecule has 1 fully saturated rings. The standard InChI is InChI=1S/C18H18ClN3O2/c19-15-6-4-13(5-7-15)11-22-12-14(9-17(22)23)18(24)21-10-16-3-1-2-8-20-16/h1-8,14H,9-12H2,(H,21,24)/t14-/m0/s1. The van der Waals surface area contributed by atoms with Crippen LogP contribution in [0.15, 0.2) is 48.7 Å². The molecule has 6 heteroatoms. The van der Waals surface area contributed by atoms with E-state index in [4.69, 9.17) is 11.6 Å². The van der Waals surface area contributed by atoms with E-state index in [-0.39, 0.29) is 24.2 Å². The largest absolute Gasteiger partial charge is 0.350 e. The fraction of sp³-hybridized carbons (Fsp3) is 0.278. The molecule has 1 aromatic heterocycles. The third kappa shape index (κ3) is 4.11. The van der Waals surface area contributed by atoms with Crippen molar-refractivity contribution in [3.8, 4) is 0 Å². The quantitative estimate of drug-likeness (QED) is 0.906. The van der Waals surface area contributed by atoms with Gasteiger partial charge in [0.15, 0.2) is 0 Å². The lowest BCUT2D eigenvalue weighted by Gasteiger charge is -2.16. The number of pyridine rings is 1. The van der Waals surface area contributed by atoms with Crippen molar-refractivity contribution in [1.82, 2.24) is 15.2 Å². The Morgan fingerprint density at radius 1 is 1.25 bits per heavy atom. The monoisotopic (exact) mass is 343 g/mol. The summed E-state index contributed by atoms with van der Waals surface area (Å²) in [5.41, 5.74) is 1.80. The number of halogens is 1. The summed E-state index contributed by atoms with van der Waals surface area (Å²) in [6, 6.07) is 12.9. The molecule has 3 rings (SSSR count). The van der Waals surface area contributed by atoms with E-state index >= 15 is 0 Å². The van der Waals surface area contributed by atoms with E-state index in [1.165, 1.54) is 0 Å². The second-order valence-electron chi connectivity index (χ2n) is 5.84. The van der Waals surface area contributed by atoms with Gasteiger partial charge in [0.25, 0.3) is 0 Å². The summed E-state index contributed by atoms with van der Waals surface area (Å²) in [5, 5.41) is 3.52. The topological polar surface area (TPSA) is 62.3 Å². The summed E-state index contributed by atoms with van der Waals surface area (Å²) in [4.78, 5) is 30.3. The van der Waals surface area contributed by atoms with Crippen LogP contribution in [0.3, 0.4) is 0 Å². The number of hydrogen-bond acceptors (Lipinski definition) is 3. The van der Waals surface area contributed by atoms with Crippen LogP contribution in [-0.2, 0) is 22.7 Å². The van der Waals surface area contributed by atoms with Gasteiger partial charge in [0.2, 0.25) is 11.8 Å². The molecule has 24 heavy (non-hydrogen) atoms. The SMILES string of the molecule is O=C(NCc1ccccn1)[C@H]1CC(=O)N(Cc2ccc(Cl)cc2)C1. The van der Waals surface area contributed by atoms with Gasteiger partial charge in [-0.2, -0.15) is 0 Å². The Hall–Kier alpha value is -2.40. The molecule has 1 N–H and O–H groups in total. The number of carbonyl (C=O) groups is 2. The molecule has 0 unspecified atom stereocenters. The molecule has 5 nitrogen and oxygen atoms in total. The van der Waals surface area contributed by atoms with E-state index in [1.807, 2.05) is 30.3 Å². The fourth-order valence-electron chi connectivity index (χ4n) is 2.74. The zero-order chi connectivity index (χ0) is 16.9. The first kappa shape index (κ1) is 16.5. The molecule has 124 valence electrons. The number of benzene rings is 1. The van der Waals surface area contributed by atoms with Gasteiger partial charge in [0.05, 0.1) is 18.2 Å². The molecule has 0 bridgehead atoms. The number of amides is 2. The average Bonchev–Trinajstić information content (AvgIpc) is 2.96. The minimum Gasteiger partial charge on any atom is -0.350 e. The molecule has 0 saturated carbocycles. The molecular weight excluding hydrogens is 326 g/mol. The molecule has 0 aliphatic carbocycles. The van der Waals surface area contributed by atoms with Crippen molar-refractivity contribution in [2.45, 2.75) is 19.5 Å². The van der Waals surface area contributed by atoms with E-state index in [0.29, 0.717) is 24.7 Å². The smallest absolute Gasteiger partial charge is 0.225 e. The fourth-order valence-corrected chi connectivity index (χ4v) is 2.86. The van der Waals surface area contributed by atoms with Gasteiger partial charge in [-0.05, 0) is 29.8 Å². The van der Waals surface area contributed by atoms with Crippen molar-refractivity contribution < 1.29 is 9.59 Å². The highest BCUT2D eigenvalue weighted by Gasteiger charge is 2.34. The van der Waals surface area contributed by atoms with Crippen molar-refractivity contribution in [2.24, 2.45) is 5.92 Å². The molecule has 2 heterocycles. The first-order valence-corrected chi connectivity index (χ1v) is 8.19. The highest BCUT2D eigenvalue weighted by molar-refractivity contribution is 6.30. The van der Waals surface area contributed by atoms with Gasteiger partial charge in [-0.3, -0.25) is 14.6 Å². The number of likely N-dealkylation sites (tertiary alicyclic amines) is 1. The van der Waals surface area contributed by atoms with Gasteiger partial charge in [-0.15, -0.1) is 0 Å². The summed E-state index contributed by atoms with van der Waals surface area (Å²) in [6.07, 6.45) is 1.94. The molecule has 1 aliphatic rings. The summed E-state index contributed by atoms with van der Waals surface area (Å²) in [6.45, 7) is 1.32. The lowest BCUT2D eigenvalue weighted by atomic mass is 10.1. The summed E-state index contributed by atoms with van der Waals surface area (Å²) in [5.74, 6) is -0.413. The zero-order valence-electron chi connectivity index (χ0n) is 13.1. The van der Waals surface area contributed by atoms with Gasteiger partial charge in [0.1, 0.15) is 0 Å². The Labute approximate surface area is 145 Å². The van der Waals surface area contributed by atoms with Crippen molar-refractivity contribution >= 4 is 23.4 Å². The molecule has 1 atom stereocenters. The van der Waals surface area contributed by atoms with E-state index in [1.54, 1.807) is 23.2 Å². The van der Waals surface area contributed by atoms with Crippen LogP contribution in [0.1, 0.15) is 17.7 Å². The number of hydrogen-bond donors (Lipinski definition) is 1.